The Balaban J connectivity index is 1.46. The maximum absolute atomic E-state index is 6.01. The summed E-state index contributed by atoms with van der Waals surface area (Å²) in [6, 6.07) is 0. The second-order valence-electron chi connectivity index (χ2n) is 5.62. The van der Waals surface area contributed by atoms with Crippen LogP contribution in [0.3, 0.4) is 0 Å². The Labute approximate surface area is 114 Å². The van der Waals surface area contributed by atoms with Gasteiger partial charge in [0.25, 0.3) is 0 Å². The lowest BCUT2D eigenvalue weighted by Gasteiger charge is -2.44. The van der Waals surface area contributed by atoms with Gasteiger partial charge < -0.3 is 19.5 Å². The van der Waals surface area contributed by atoms with Crippen LogP contribution in [0.25, 0.3) is 0 Å². The Bertz CT molecular complexity index is 403. The quantitative estimate of drug-likeness (QED) is 0.836. The first-order chi connectivity index (χ1) is 9.27. The zero-order valence-electron chi connectivity index (χ0n) is 11.6. The van der Waals surface area contributed by atoms with Crippen LogP contribution < -0.4 is 5.32 Å². The highest BCUT2D eigenvalue weighted by molar-refractivity contribution is 4.92. The first-order valence-corrected chi connectivity index (χ1v) is 7.19. The fourth-order valence-corrected chi connectivity index (χ4v) is 2.99. The molecule has 0 radical (unpaired) electrons. The fraction of sp³-hybridized carbons (Fsp3) is 0.846. The SMILES string of the molecule is Cc1nncn1CCN1CCC2(CC1)CNCCO2. The summed E-state index contributed by atoms with van der Waals surface area (Å²) in [5.74, 6) is 0.994. The Morgan fingerprint density at radius 1 is 1.37 bits per heavy atom. The Kier molecular flexibility index (Phi) is 3.81. The number of aromatic nitrogens is 3. The molecule has 1 aromatic rings. The molecule has 1 spiro atoms. The molecule has 1 aromatic heterocycles. The highest BCUT2D eigenvalue weighted by Gasteiger charge is 2.36. The van der Waals surface area contributed by atoms with Crippen LogP contribution in [0.15, 0.2) is 6.33 Å². The van der Waals surface area contributed by atoms with Crippen LogP contribution in [-0.2, 0) is 11.3 Å². The number of piperidine rings is 1. The lowest BCUT2D eigenvalue weighted by atomic mass is 9.90. The summed E-state index contributed by atoms with van der Waals surface area (Å²) in [6.07, 6.45) is 4.09. The molecule has 0 bridgehead atoms. The van der Waals surface area contributed by atoms with Crippen molar-refractivity contribution in [3.05, 3.63) is 12.2 Å². The van der Waals surface area contributed by atoms with Gasteiger partial charge in [0.2, 0.25) is 0 Å². The molecular weight excluding hydrogens is 242 g/mol. The van der Waals surface area contributed by atoms with Crippen molar-refractivity contribution >= 4 is 0 Å². The zero-order valence-corrected chi connectivity index (χ0v) is 11.6. The van der Waals surface area contributed by atoms with Gasteiger partial charge in [-0.05, 0) is 19.8 Å². The van der Waals surface area contributed by atoms with E-state index in [1.807, 2.05) is 13.3 Å². The van der Waals surface area contributed by atoms with Gasteiger partial charge in [-0.2, -0.15) is 0 Å². The number of nitrogens with one attached hydrogen (secondary N) is 1. The topological polar surface area (TPSA) is 55.2 Å². The third-order valence-corrected chi connectivity index (χ3v) is 4.37. The van der Waals surface area contributed by atoms with Crippen molar-refractivity contribution < 1.29 is 4.74 Å². The predicted molar refractivity (Wildman–Crippen MR) is 72.0 cm³/mol. The summed E-state index contributed by atoms with van der Waals surface area (Å²) in [6.45, 7) is 9.18. The Morgan fingerprint density at radius 3 is 2.84 bits per heavy atom. The molecule has 0 aliphatic carbocycles. The summed E-state index contributed by atoms with van der Waals surface area (Å²) in [7, 11) is 0. The molecular formula is C13H23N5O. The summed E-state index contributed by atoms with van der Waals surface area (Å²) in [5, 5.41) is 11.4. The van der Waals surface area contributed by atoms with Crippen LogP contribution in [0.2, 0.25) is 0 Å². The molecule has 0 atom stereocenters. The molecule has 0 amide bonds. The molecule has 3 rings (SSSR count). The van der Waals surface area contributed by atoms with E-state index in [0.29, 0.717) is 0 Å². The molecule has 0 aromatic carbocycles. The molecule has 0 saturated carbocycles. The average Bonchev–Trinajstić information content (AvgIpc) is 2.85. The van der Waals surface area contributed by atoms with Crippen molar-refractivity contribution in [1.29, 1.82) is 0 Å². The third-order valence-electron chi connectivity index (χ3n) is 4.37. The van der Waals surface area contributed by atoms with Crippen molar-refractivity contribution in [2.75, 3.05) is 39.3 Å². The summed E-state index contributed by atoms with van der Waals surface area (Å²) < 4.78 is 8.12. The molecule has 0 unspecified atom stereocenters. The monoisotopic (exact) mass is 265 g/mol. The van der Waals surface area contributed by atoms with Crippen molar-refractivity contribution in [2.45, 2.75) is 31.9 Å². The highest BCUT2D eigenvalue weighted by atomic mass is 16.5. The highest BCUT2D eigenvalue weighted by Crippen LogP contribution is 2.27. The van der Waals surface area contributed by atoms with Gasteiger partial charge >= 0.3 is 0 Å². The summed E-state index contributed by atoms with van der Waals surface area (Å²) >= 11 is 0. The Morgan fingerprint density at radius 2 is 2.21 bits per heavy atom. The van der Waals surface area contributed by atoms with E-state index >= 15 is 0 Å². The molecule has 2 saturated heterocycles. The maximum atomic E-state index is 6.01. The fourth-order valence-electron chi connectivity index (χ4n) is 2.99. The molecule has 1 N–H and O–H groups in total. The van der Waals surface area contributed by atoms with Crippen LogP contribution in [0, 0.1) is 6.92 Å². The number of aryl methyl sites for hydroxylation is 1. The standard InChI is InChI=1S/C13H23N5O/c1-12-16-15-11-18(12)8-7-17-5-2-13(3-6-17)10-14-4-9-19-13/h11,14H,2-10H2,1H3. The van der Waals surface area contributed by atoms with E-state index in [4.69, 9.17) is 4.74 Å². The normalized spacial score (nSPS) is 23.8. The Hall–Kier alpha value is -0.980. The first kappa shape index (κ1) is 13.0. The van der Waals surface area contributed by atoms with Gasteiger partial charge in [0, 0.05) is 39.3 Å². The van der Waals surface area contributed by atoms with Gasteiger partial charge in [-0.15, -0.1) is 10.2 Å². The number of rotatable bonds is 3. The van der Waals surface area contributed by atoms with Crippen LogP contribution >= 0.6 is 0 Å². The van der Waals surface area contributed by atoms with E-state index in [-0.39, 0.29) is 5.60 Å². The third kappa shape index (κ3) is 2.96. The average molecular weight is 265 g/mol. The van der Waals surface area contributed by atoms with E-state index in [9.17, 15) is 0 Å². The summed E-state index contributed by atoms with van der Waals surface area (Å²) in [4.78, 5) is 2.52. The van der Waals surface area contributed by atoms with Gasteiger partial charge in [-0.25, -0.2) is 0 Å². The van der Waals surface area contributed by atoms with Gasteiger partial charge in [-0.1, -0.05) is 0 Å². The molecule has 106 valence electrons. The van der Waals surface area contributed by atoms with Gasteiger partial charge in [-0.3, -0.25) is 0 Å². The van der Waals surface area contributed by atoms with Crippen molar-refractivity contribution in [3.63, 3.8) is 0 Å². The minimum absolute atomic E-state index is 0.112. The molecule has 2 aliphatic rings. The van der Waals surface area contributed by atoms with Crippen LogP contribution in [0.5, 0.6) is 0 Å². The summed E-state index contributed by atoms with van der Waals surface area (Å²) in [5.41, 5.74) is 0.112. The molecule has 2 fully saturated rings. The van der Waals surface area contributed by atoms with Crippen LogP contribution in [0.1, 0.15) is 18.7 Å². The number of hydrogen-bond acceptors (Lipinski definition) is 5. The van der Waals surface area contributed by atoms with Crippen molar-refractivity contribution in [1.82, 2.24) is 25.0 Å². The van der Waals surface area contributed by atoms with Crippen LogP contribution in [-0.4, -0.2) is 64.6 Å². The largest absolute Gasteiger partial charge is 0.372 e. The van der Waals surface area contributed by atoms with E-state index < -0.39 is 0 Å². The lowest BCUT2D eigenvalue weighted by molar-refractivity contribution is -0.0997. The van der Waals surface area contributed by atoms with E-state index in [1.54, 1.807) is 0 Å². The molecule has 19 heavy (non-hydrogen) atoms. The predicted octanol–water partition coefficient (Wildman–Crippen LogP) is 0.0409. The minimum Gasteiger partial charge on any atom is -0.372 e. The van der Waals surface area contributed by atoms with Crippen molar-refractivity contribution in [3.8, 4) is 0 Å². The van der Waals surface area contributed by atoms with Gasteiger partial charge in [0.15, 0.2) is 0 Å². The van der Waals surface area contributed by atoms with E-state index in [0.717, 1.165) is 64.5 Å². The molecule has 3 heterocycles. The zero-order chi connectivity index (χ0) is 13.1. The molecule has 2 aliphatic heterocycles. The second-order valence-corrected chi connectivity index (χ2v) is 5.62. The number of hydrogen-bond donors (Lipinski definition) is 1. The van der Waals surface area contributed by atoms with Crippen molar-refractivity contribution in [2.24, 2.45) is 0 Å². The molecule has 6 nitrogen and oxygen atoms in total. The smallest absolute Gasteiger partial charge is 0.129 e. The van der Waals surface area contributed by atoms with E-state index in [2.05, 4.69) is 25.0 Å². The molecule has 6 heteroatoms. The van der Waals surface area contributed by atoms with E-state index in [1.165, 1.54) is 0 Å². The number of morpholine rings is 1. The maximum Gasteiger partial charge on any atom is 0.129 e. The number of likely N-dealkylation sites (tertiary alicyclic amines) is 1. The number of nitrogens with zero attached hydrogens (tertiary/aromatic N) is 4. The minimum atomic E-state index is 0.112. The van der Waals surface area contributed by atoms with Crippen LogP contribution in [0.4, 0.5) is 0 Å². The lowest BCUT2D eigenvalue weighted by Crippen LogP contribution is -2.55. The first-order valence-electron chi connectivity index (χ1n) is 7.19. The number of ether oxygens (including phenoxy) is 1. The van der Waals surface area contributed by atoms with Gasteiger partial charge in [0.1, 0.15) is 12.2 Å². The van der Waals surface area contributed by atoms with Gasteiger partial charge in [0.05, 0.1) is 12.2 Å². The second kappa shape index (κ2) is 5.56.